The molecule has 130 valence electrons. The predicted molar refractivity (Wildman–Crippen MR) is 90.2 cm³/mol. The van der Waals surface area contributed by atoms with Crippen LogP contribution < -0.4 is 16.6 Å². The third-order valence-corrected chi connectivity index (χ3v) is 5.73. The van der Waals surface area contributed by atoms with Crippen molar-refractivity contribution in [2.24, 2.45) is 14.1 Å². The van der Waals surface area contributed by atoms with Gasteiger partial charge in [-0.25, -0.2) is 9.78 Å². The predicted octanol–water partition coefficient (Wildman–Crippen LogP) is -0.672. The second-order valence-corrected chi connectivity index (χ2v) is 8.28. The molecule has 2 aromatic heterocycles. The summed E-state index contributed by atoms with van der Waals surface area (Å²) in [4.78, 5) is 39.9. The monoisotopic (exact) mass is 353 g/mol. The van der Waals surface area contributed by atoms with Gasteiger partial charge in [0.25, 0.3) is 5.56 Å². The number of carboxylic acids is 1. The second-order valence-electron chi connectivity index (χ2n) is 6.42. The normalized spacial score (nSPS) is 23.0. The number of thioether (sulfide) groups is 1. The highest BCUT2D eigenvalue weighted by atomic mass is 32.2. The largest absolute Gasteiger partial charge is 0.480 e. The zero-order valence-corrected chi connectivity index (χ0v) is 14.6. The molecule has 0 aromatic carbocycles. The van der Waals surface area contributed by atoms with Gasteiger partial charge >= 0.3 is 11.7 Å². The van der Waals surface area contributed by atoms with Crippen molar-refractivity contribution >= 4 is 28.9 Å². The molecule has 10 heteroatoms. The van der Waals surface area contributed by atoms with E-state index >= 15 is 0 Å². The van der Waals surface area contributed by atoms with Gasteiger partial charge in [0.1, 0.15) is 6.04 Å². The summed E-state index contributed by atoms with van der Waals surface area (Å²) in [5, 5.41) is 12.2. The number of nitrogens with zero attached hydrogens (tertiary/aromatic N) is 4. The Hall–Kier alpha value is -2.07. The van der Waals surface area contributed by atoms with Crippen molar-refractivity contribution in [1.29, 1.82) is 0 Å². The van der Waals surface area contributed by atoms with Gasteiger partial charge in [-0.2, -0.15) is 0 Å². The van der Waals surface area contributed by atoms with Gasteiger partial charge in [-0.3, -0.25) is 24.0 Å². The number of carbonyl (C=O) groups is 1. The van der Waals surface area contributed by atoms with Crippen molar-refractivity contribution in [2.75, 3.05) is 0 Å². The number of aromatic nitrogens is 4. The number of aliphatic carboxylic acids is 1. The molecule has 3 heterocycles. The Bertz CT molecular complexity index is 941. The van der Waals surface area contributed by atoms with Gasteiger partial charge in [-0.15, -0.1) is 11.8 Å². The zero-order valence-electron chi connectivity index (χ0n) is 13.8. The van der Waals surface area contributed by atoms with E-state index in [0.29, 0.717) is 17.7 Å². The molecule has 9 nitrogen and oxygen atoms in total. The van der Waals surface area contributed by atoms with Crippen LogP contribution in [0.15, 0.2) is 15.9 Å². The lowest BCUT2D eigenvalue weighted by molar-refractivity contribution is -0.139. The average Bonchev–Trinajstić information content (AvgIpc) is 3.04. The molecule has 0 aliphatic carbocycles. The standard InChI is InChI=1S/C14H19N5O4S/c1-14(2)9(12(21)22)16-7(24-14)5-19-6-15-10-8(19)11(20)18(4)13(23)17(10)3/h6-7,9,16H,5H2,1-4H3,(H,21,22). The molecular formula is C14H19N5O4S. The van der Waals surface area contributed by atoms with Gasteiger partial charge in [0.15, 0.2) is 11.2 Å². The minimum Gasteiger partial charge on any atom is -0.480 e. The maximum atomic E-state index is 12.4. The Balaban J connectivity index is 2.00. The molecule has 0 amide bonds. The zero-order chi connectivity index (χ0) is 17.8. The van der Waals surface area contributed by atoms with Crippen molar-refractivity contribution in [3.63, 3.8) is 0 Å². The molecule has 2 unspecified atom stereocenters. The Kier molecular flexibility index (Phi) is 3.83. The molecule has 0 radical (unpaired) electrons. The Morgan fingerprint density at radius 1 is 1.38 bits per heavy atom. The molecule has 1 aliphatic heterocycles. The van der Waals surface area contributed by atoms with Crippen LogP contribution in [0.25, 0.3) is 11.2 Å². The van der Waals surface area contributed by atoms with Crippen LogP contribution in [-0.2, 0) is 25.4 Å². The van der Waals surface area contributed by atoms with Crippen LogP contribution in [0, 0.1) is 0 Å². The fraction of sp³-hybridized carbons (Fsp3) is 0.571. The van der Waals surface area contributed by atoms with E-state index in [-0.39, 0.29) is 5.37 Å². The van der Waals surface area contributed by atoms with E-state index in [1.807, 2.05) is 13.8 Å². The van der Waals surface area contributed by atoms with Gasteiger partial charge < -0.3 is 9.67 Å². The van der Waals surface area contributed by atoms with Crippen LogP contribution in [0.1, 0.15) is 13.8 Å². The summed E-state index contributed by atoms with van der Waals surface area (Å²) in [6.07, 6.45) is 1.51. The molecule has 0 bridgehead atoms. The average molecular weight is 353 g/mol. The van der Waals surface area contributed by atoms with E-state index in [1.54, 1.807) is 11.6 Å². The van der Waals surface area contributed by atoms with Crippen LogP contribution in [0.4, 0.5) is 0 Å². The number of imidazole rings is 1. The molecular weight excluding hydrogens is 334 g/mol. The van der Waals surface area contributed by atoms with Gasteiger partial charge in [0.05, 0.1) is 11.7 Å². The molecule has 3 rings (SSSR count). The minimum absolute atomic E-state index is 0.180. The smallest absolute Gasteiger partial charge is 0.332 e. The van der Waals surface area contributed by atoms with Gasteiger partial charge in [0.2, 0.25) is 0 Å². The van der Waals surface area contributed by atoms with Crippen molar-refractivity contribution in [1.82, 2.24) is 24.0 Å². The van der Waals surface area contributed by atoms with Crippen molar-refractivity contribution in [3.8, 4) is 0 Å². The highest BCUT2D eigenvalue weighted by molar-refractivity contribution is 8.01. The minimum atomic E-state index is -0.899. The summed E-state index contributed by atoms with van der Waals surface area (Å²) >= 11 is 1.51. The van der Waals surface area contributed by atoms with Gasteiger partial charge in [-0.1, -0.05) is 0 Å². The highest BCUT2D eigenvalue weighted by Crippen LogP contribution is 2.38. The third-order valence-electron chi connectivity index (χ3n) is 4.32. The Morgan fingerprint density at radius 3 is 2.62 bits per heavy atom. The van der Waals surface area contributed by atoms with E-state index in [9.17, 15) is 19.5 Å². The van der Waals surface area contributed by atoms with Gasteiger partial charge in [-0.05, 0) is 13.8 Å². The Labute approximate surface area is 141 Å². The SMILES string of the molecule is Cn1c(=O)c2c(ncn2CC2NC(C(=O)O)C(C)(C)S2)n(C)c1=O. The molecule has 0 spiro atoms. The van der Waals surface area contributed by atoms with Crippen LogP contribution in [0.3, 0.4) is 0 Å². The maximum Gasteiger partial charge on any atom is 0.332 e. The number of hydrogen-bond donors (Lipinski definition) is 2. The quantitative estimate of drug-likeness (QED) is 0.753. The van der Waals surface area contributed by atoms with Crippen molar-refractivity contribution < 1.29 is 9.90 Å². The van der Waals surface area contributed by atoms with E-state index in [4.69, 9.17) is 0 Å². The molecule has 2 atom stereocenters. The topological polar surface area (TPSA) is 111 Å². The fourth-order valence-corrected chi connectivity index (χ4v) is 4.51. The first-order valence-corrected chi connectivity index (χ1v) is 8.29. The van der Waals surface area contributed by atoms with Crippen LogP contribution in [0.2, 0.25) is 0 Å². The summed E-state index contributed by atoms with van der Waals surface area (Å²) in [6, 6.07) is -0.672. The number of hydrogen-bond acceptors (Lipinski definition) is 6. The van der Waals surface area contributed by atoms with Crippen molar-refractivity contribution in [3.05, 3.63) is 27.2 Å². The van der Waals surface area contributed by atoms with Crippen LogP contribution >= 0.6 is 11.8 Å². The maximum absolute atomic E-state index is 12.4. The van der Waals surface area contributed by atoms with Gasteiger partial charge in [0, 0.05) is 25.4 Å². The summed E-state index contributed by atoms with van der Waals surface area (Å²) in [6.45, 7) is 4.12. The second kappa shape index (κ2) is 5.49. The van der Waals surface area contributed by atoms with E-state index in [0.717, 1.165) is 4.57 Å². The summed E-state index contributed by atoms with van der Waals surface area (Å²) < 4.78 is 3.57. The van der Waals surface area contributed by atoms with Crippen LogP contribution in [0.5, 0.6) is 0 Å². The summed E-state index contributed by atoms with van der Waals surface area (Å²) in [7, 11) is 2.99. The van der Waals surface area contributed by atoms with E-state index in [2.05, 4.69) is 10.3 Å². The lowest BCUT2D eigenvalue weighted by Crippen LogP contribution is -2.45. The molecule has 1 fully saturated rings. The number of carboxylic acid groups (broad SMARTS) is 1. The number of aryl methyl sites for hydroxylation is 1. The molecule has 24 heavy (non-hydrogen) atoms. The molecule has 1 aliphatic rings. The highest BCUT2D eigenvalue weighted by Gasteiger charge is 2.45. The molecule has 0 saturated carbocycles. The third kappa shape index (κ3) is 2.46. The van der Waals surface area contributed by atoms with Crippen LogP contribution in [-0.4, -0.2) is 45.9 Å². The fourth-order valence-electron chi connectivity index (χ4n) is 3.03. The lowest BCUT2D eigenvalue weighted by Gasteiger charge is -2.20. The van der Waals surface area contributed by atoms with E-state index < -0.39 is 28.0 Å². The molecule has 1 saturated heterocycles. The number of nitrogens with one attached hydrogen (secondary N) is 1. The first-order valence-electron chi connectivity index (χ1n) is 7.41. The van der Waals surface area contributed by atoms with E-state index in [1.165, 1.54) is 29.7 Å². The summed E-state index contributed by atoms with van der Waals surface area (Å²) in [5.74, 6) is -0.899. The lowest BCUT2D eigenvalue weighted by atomic mass is 10.0. The number of rotatable bonds is 3. The molecule has 2 aromatic rings. The van der Waals surface area contributed by atoms with Crippen molar-refractivity contribution in [2.45, 2.75) is 36.6 Å². The first kappa shape index (κ1) is 16.8. The molecule has 2 N–H and O–H groups in total. The number of fused-ring (bicyclic) bond motifs is 1. The Morgan fingerprint density at radius 2 is 2.04 bits per heavy atom. The summed E-state index contributed by atoms with van der Waals surface area (Å²) in [5.41, 5.74) is -0.195. The first-order chi connectivity index (χ1) is 11.1.